The molecule has 1 aromatic rings. The summed E-state index contributed by atoms with van der Waals surface area (Å²) in [7, 11) is 0. The number of hydrogen-bond acceptors (Lipinski definition) is 12. The van der Waals surface area contributed by atoms with E-state index in [4.69, 9.17) is 17.2 Å². The third kappa shape index (κ3) is 14.9. The van der Waals surface area contributed by atoms with Gasteiger partial charge in [0.1, 0.15) is 18.3 Å². The number of rotatable bonds is 2. The number of hydrogen-bond donors (Lipinski definition) is 6. The molecule has 228 valence electrons. The number of nitrogens with two attached hydrogens (primary N) is 3. The minimum absolute atomic E-state index is 0.244. The van der Waals surface area contributed by atoms with Crippen LogP contribution in [-0.2, 0) is 5.41 Å². The number of benzene rings is 1. The SMILES string of the molecule is CC(C)([CH2][Sn+3])c1ccccc1.NC1CN(C(=O)[O-])CCN1.NC1CN(C(=O)[O-])CCN1.NC1CN(C(=O)[O-])CCN1. The van der Waals surface area contributed by atoms with E-state index in [0.29, 0.717) is 64.3 Å². The molecule has 3 amide bonds. The van der Waals surface area contributed by atoms with Crippen molar-refractivity contribution in [3.63, 3.8) is 0 Å². The Kier molecular flexibility index (Phi) is 16.9. The van der Waals surface area contributed by atoms with Crippen molar-refractivity contribution in [2.75, 3.05) is 58.9 Å². The van der Waals surface area contributed by atoms with E-state index >= 15 is 0 Å². The monoisotopic (exact) mass is 685 g/mol. The van der Waals surface area contributed by atoms with Crippen LogP contribution in [0.3, 0.4) is 0 Å². The first-order valence-electron chi connectivity index (χ1n) is 13.3. The van der Waals surface area contributed by atoms with Gasteiger partial charge >= 0.3 is 82.1 Å². The fraction of sp³-hybridized carbons (Fsp3) is 0.640. The maximum absolute atomic E-state index is 10.2. The Bertz CT molecular complexity index is 854. The van der Waals surface area contributed by atoms with Gasteiger partial charge in [-0.2, -0.15) is 0 Å². The van der Waals surface area contributed by atoms with Crippen LogP contribution in [0.1, 0.15) is 19.4 Å². The number of nitrogens with one attached hydrogen (secondary N) is 3. The summed E-state index contributed by atoms with van der Waals surface area (Å²) >= 11 is 1.62. The Labute approximate surface area is 254 Å². The Balaban J connectivity index is 0.000000274. The number of piperazine rings is 3. The zero-order chi connectivity index (χ0) is 31.0. The molecule has 3 saturated heterocycles. The van der Waals surface area contributed by atoms with Gasteiger partial charge in [0, 0.05) is 58.9 Å². The molecule has 0 aromatic heterocycles. The van der Waals surface area contributed by atoms with Crippen LogP contribution in [0, 0.1) is 0 Å². The molecule has 4 rings (SSSR count). The van der Waals surface area contributed by atoms with Crippen molar-refractivity contribution in [2.45, 2.75) is 42.2 Å². The predicted octanol–water partition coefficient (Wildman–Crippen LogP) is -4.89. The van der Waals surface area contributed by atoms with Gasteiger partial charge in [0.05, 0.1) is 18.5 Å². The molecule has 0 radical (unpaired) electrons. The Morgan fingerprint density at radius 1 is 0.756 bits per heavy atom. The Morgan fingerprint density at radius 3 is 1.29 bits per heavy atom. The minimum Gasteiger partial charge on any atom is -0.530 e. The van der Waals surface area contributed by atoms with E-state index in [-0.39, 0.29) is 18.5 Å². The van der Waals surface area contributed by atoms with Crippen LogP contribution in [0.25, 0.3) is 0 Å². The first-order chi connectivity index (χ1) is 19.3. The molecule has 3 heterocycles. The number of nitrogens with zero attached hydrogens (tertiary/aromatic N) is 3. The van der Waals surface area contributed by atoms with E-state index in [1.807, 2.05) is 0 Å². The molecule has 3 fully saturated rings. The molecule has 3 aliphatic heterocycles. The molecular weight excluding hydrogens is 641 g/mol. The van der Waals surface area contributed by atoms with E-state index in [1.165, 1.54) is 24.7 Å². The maximum atomic E-state index is 10.2. The Morgan fingerprint density at radius 2 is 1.07 bits per heavy atom. The van der Waals surface area contributed by atoms with Gasteiger partial charge in [-0.25, -0.2) is 0 Å². The summed E-state index contributed by atoms with van der Waals surface area (Å²) in [6, 6.07) is 10.7. The van der Waals surface area contributed by atoms with Gasteiger partial charge in [-0.1, -0.05) is 0 Å². The number of carbonyl (C=O) groups is 3. The first kappa shape index (κ1) is 36.6. The molecule has 15 nitrogen and oxygen atoms in total. The molecule has 0 aliphatic carbocycles. The molecule has 9 N–H and O–H groups in total. The molecule has 3 aliphatic rings. The fourth-order valence-corrected chi connectivity index (χ4v) is 4.41. The van der Waals surface area contributed by atoms with Gasteiger partial charge in [-0.3, -0.25) is 16.0 Å². The molecule has 0 saturated carbocycles. The van der Waals surface area contributed by atoms with Gasteiger partial charge in [0.15, 0.2) is 0 Å². The van der Waals surface area contributed by atoms with Gasteiger partial charge in [0.2, 0.25) is 0 Å². The summed E-state index contributed by atoms with van der Waals surface area (Å²) in [6.45, 7) is 8.79. The third-order valence-corrected chi connectivity index (χ3v) is 8.91. The average molecular weight is 684 g/mol. The number of amides is 3. The second-order valence-corrected chi connectivity index (χ2v) is 11.3. The van der Waals surface area contributed by atoms with E-state index < -0.39 is 18.3 Å². The van der Waals surface area contributed by atoms with Crippen LogP contribution in [0.15, 0.2) is 30.3 Å². The van der Waals surface area contributed by atoms with Crippen molar-refractivity contribution < 1.29 is 29.7 Å². The van der Waals surface area contributed by atoms with E-state index in [0.717, 1.165) is 0 Å². The summed E-state index contributed by atoms with van der Waals surface area (Å²) < 4.78 is 1.28. The molecule has 3 unspecified atom stereocenters. The molecule has 16 heteroatoms. The van der Waals surface area contributed by atoms with Crippen LogP contribution < -0.4 is 48.5 Å². The van der Waals surface area contributed by atoms with E-state index in [9.17, 15) is 29.7 Å². The quantitative estimate of drug-likeness (QED) is 0.161. The van der Waals surface area contributed by atoms with Crippen molar-refractivity contribution in [1.29, 1.82) is 0 Å². The van der Waals surface area contributed by atoms with E-state index in [2.05, 4.69) is 60.1 Å². The second-order valence-electron chi connectivity index (χ2n) is 10.2. The fourth-order valence-electron chi connectivity index (χ4n) is 3.82. The molecule has 0 bridgehead atoms. The Hall–Kier alpha value is -2.41. The van der Waals surface area contributed by atoms with Crippen molar-refractivity contribution in [3.05, 3.63) is 35.9 Å². The number of carboxylic acid groups (broad SMARTS) is 3. The van der Waals surface area contributed by atoms with Crippen LogP contribution in [0.2, 0.25) is 4.44 Å². The standard InChI is InChI=1S/C10H13.3C5H11N3O2.Sn/c1-10(2,3)9-7-5-4-6-8-9;3*6-4-3-8(5(9)10)2-1-7-4;/h4-8H,1H2,2-3H3;3*4,7H,1-3,6H2,(H,9,10);/q;;;;+3/p-3. The van der Waals surface area contributed by atoms with Gasteiger partial charge in [-0.05, 0) is 0 Å². The summed E-state index contributed by atoms with van der Waals surface area (Å²) in [5.74, 6) is 0. The number of carbonyl (C=O) groups excluding carboxylic acids is 3. The van der Waals surface area contributed by atoms with Crippen molar-refractivity contribution in [3.8, 4) is 0 Å². The molecule has 41 heavy (non-hydrogen) atoms. The van der Waals surface area contributed by atoms with Crippen LogP contribution >= 0.6 is 0 Å². The van der Waals surface area contributed by atoms with E-state index in [1.54, 1.807) is 22.5 Å². The maximum Gasteiger partial charge on any atom is 0.137 e. The third-order valence-electron chi connectivity index (χ3n) is 6.39. The normalized spacial score (nSPS) is 22.5. The topological polar surface area (TPSA) is 244 Å². The average Bonchev–Trinajstić information content (AvgIpc) is 2.94. The zero-order valence-corrected chi connectivity index (χ0v) is 26.6. The van der Waals surface area contributed by atoms with Gasteiger partial charge in [0.25, 0.3) is 0 Å². The van der Waals surface area contributed by atoms with Crippen LogP contribution in [0.5, 0.6) is 0 Å². The van der Waals surface area contributed by atoms with Crippen molar-refractivity contribution >= 4 is 40.8 Å². The van der Waals surface area contributed by atoms with Crippen molar-refractivity contribution in [1.82, 2.24) is 30.7 Å². The first-order valence-corrected chi connectivity index (χ1v) is 15.3. The molecule has 1 aromatic carbocycles. The zero-order valence-electron chi connectivity index (χ0n) is 23.7. The predicted molar refractivity (Wildman–Crippen MR) is 149 cm³/mol. The van der Waals surface area contributed by atoms with Crippen molar-refractivity contribution in [2.24, 2.45) is 17.2 Å². The molecule has 0 spiro atoms. The van der Waals surface area contributed by atoms with Gasteiger partial charge in [-0.15, -0.1) is 0 Å². The molecule has 3 atom stereocenters. The summed E-state index contributed by atoms with van der Waals surface area (Å²) in [4.78, 5) is 34.3. The van der Waals surface area contributed by atoms with Crippen LogP contribution in [-0.4, -0.2) is 133 Å². The summed E-state index contributed by atoms with van der Waals surface area (Å²) in [5.41, 5.74) is 18.1. The van der Waals surface area contributed by atoms with Crippen LogP contribution in [0.4, 0.5) is 14.4 Å². The second kappa shape index (κ2) is 18.9. The van der Waals surface area contributed by atoms with Gasteiger partial charge < -0.3 is 61.6 Å². The largest absolute Gasteiger partial charge is 0.530 e. The summed E-state index contributed by atoms with van der Waals surface area (Å²) in [6.07, 6.45) is -4.16. The minimum atomic E-state index is -1.14. The summed E-state index contributed by atoms with van der Waals surface area (Å²) in [5, 5.41) is 39.4. The molecular formula is C25H43N9O6Sn. The smallest absolute Gasteiger partial charge is 0.137 e.